The van der Waals surface area contributed by atoms with E-state index in [9.17, 15) is 4.79 Å². The molecule has 4 heteroatoms. The highest BCUT2D eigenvalue weighted by Crippen LogP contribution is 2.44. The first-order valence-electron chi connectivity index (χ1n) is 11.6. The molecule has 2 fully saturated rings. The van der Waals surface area contributed by atoms with Gasteiger partial charge in [0, 0.05) is 30.6 Å². The molecule has 1 aromatic rings. The number of hydrogen-bond donors (Lipinski definition) is 0. The summed E-state index contributed by atoms with van der Waals surface area (Å²) < 4.78 is 0. The van der Waals surface area contributed by atoms with Gasteiger partial charge in [0.25, 0.3) is 0 Å². The Morgan fingerprint density at radius 1 is 1.04 bits per heavy atom. The highest BCUT2D eigenvalue weighted by Gasteiger charge is 2.35. The van der Waals surface area contributed by atoms with Crippen LogP contribution < -0.4 is 0 Å². The quantitative estimate of drug-likeness (QED) is 0.356. The van der Waals surface area contributed by atoms with Gasteiger partial charge in [0.1, 0.15) is 12.1 Å². The summed E-state index contributed by atoms with van der Waals surface area (Å²) in [6.07, 6.45) is 19.6. The predicted molar refractivity (Wildman–Crippen MR) is 116 cm³/mol. The van der Waals surface area contributed by atoms with E-state index in [0.29, 0.717) is 17.8 Å². The summed E-state index contributed by atoms with van der Waals surface area (Å²) in [5, 5.41) is 0. The lowest BCUT2D eigenvalue weighted by molar-refractivity contribution is -0.115. The van der Waals surface area contributed by atoms with Crippen LogP contribution in [0.5, 0.6) is 0 Å². The Bertz CT molecular complexity index is 575. The van der Waals surface area contributed by atoms with Crippen LogP contribution in [0.25, 0.3) is 0 Å². The van der Waals surface area contributed by atoms with Crippen molar-refractivity contribution in [3.8, 4) is 0 Å². The van der Waals surface area contributed by atoms with E-state index in [-0.39, 0.29) is 5.92 Å². The number of aromatic nitrogens is 2. The minimum absolute atomic E-state index is 0.276. The van der Waals surface area contributed by atoms with Crippen molar-refractivity contribution in [3.63, 3.8) is 0 Å². The Morgan fingerprint density at radius 2 is 1.64 bits per heavy atom. The van der Waals surface area contributed by atoms with Crippen molar-refractivity contribution >= 4 is 17.9 Å². The minimum Gasteiger partial charge on any atom is -0.303 e. The normalized spacial score (nSPS) is 29.4. The van der Waals surface area contributed by atoms with Gasteiger partial charge in [-0.1, -0.05) is 19.8 Å². The third kappa shape index (κ3) is 5.78. The number of aryl methyl sites for hydroxylation is 1. The molecule has 2 aliphatic carbocycles. The maximum Gasteiger partial charge on any atom is 0.128 e. The molecule has 3 nitrogen and oxygen atoms in total. The SMILES string of the molecule is CCCc1ncc(C2CCC(C(C=O)C3CCC(CCCCl)CC3)CC2)cn1. The van der Waals surface area contributed by atoms with E-state index >= 15 is 0 Å². The molecule has 1 heterocycles. The van der Waals surface area contributed by atoms with Crippen LogP contribution in [-0.4, -0.2) is 22.1 Å². The summed E-state index contributed by atoms with van der Waals surface area (Å²) in [6.45, 7) is 2.16. The van der Waals surface area contributed by atoms with Crippen LogP contribution in [0.3, 0.4) is 0 Å². The maximum absolute atomic E-state index is 12.0. The summed E-state index contributed by atoms with van der Waals surface area (Å²) in [7, 11) is 0. The Balaban J connectivity index is 1.48. The van der Waals surface area contributed by atoms with E-state index < -0.39 is 0 Å². The maximum atomic E-state index is 12.0. The number of aldehydes is 1. The predicted octanol–water partition coefficient (Wildman–Crippen LogP) is 6.34. The fourth-order valence-electron chi connectivity index (χ4n) is 5.60. The molecule has 1 unspecified atom stereocenters. The van der Waals surface area contributed by atoms with Crippen LogP contribution in [0.1, 0.15) is 94.9 Å². The van der Waals surface area contributed by atoms with Crippen molar-refractivity contribution in [3.05, 3.63) is 23.8 Å². The Labute approximate surface area is 176 Å². The van der Waals surface area contributed by atoms with Crippen LogP contribution >= 0.6 is 11.6 Å². The summed E-state index contributed by atoms with van der Waals surface area (Å²) in [4.78, 5) is 21.1. The van der Waals surface area contributed by atoms with Gasteiger partial charge in [0.15, 0.2) is 0 Å². The molecule has 2 aliphatic rings. The van der Waals surface area contributed by atoms with E-state index in [4.69, 9.17) is 11.6 Å². The first-order valence-corrected chi connectivity index (χ1v) is 12.1. The third-order valence-electron chi connectivity index (χ3n) is 7.33. The zero-order valence-electron chi connectivity index (χ0n) is 17.5. The lowest BCUT2D eigenvalue weighted by atomic mass is 9.66. The van der Waals surface area contributed by atoms with E-state index in [2.05, 4.69) is 16.9 Å². The molecule has 0 spiro atoms. The highest BCUT2D eigenvalue weighted by atomic mass is 35.5. The molecule has 156 valence electrons. The molecule has 3 rings (SSSR count). The summed E-state index contributed by atoms with van der Waals surface area (Å²) in [5.41, 5.74) is 1.29. The standard InChI is InChI=1S/C24H37ClN2O/c1-2-4-24-26-15-22(16-27-24)19-10-12-21(13-11-19)23(17-28)20-8-6-18(7-9-20)5-3-14-25/h15-21,23H,2-14H2,1H3. The van der Waals surface area contributed by atoms with Crippen molar-refractivity contribution in [1.82, 2.24) is 9.97 Å². The Hall–Kier alpha value is -0.960. The second-order valence-corrected chi connectivity index (χ2v) is 9.50. The first kappa shape index (κ1) is 21.7. The van der Waals surface area contributed by atoms with Crippen molar-refractivity contribution < 1.29 is 4.79 Å². The number of carbonyl (C=O) groups is 1. The summed E-state index contributed by atoms with van der Waals surface area (Å²) in [5.74, 6) is 4.63. The molecule has 0 aromatic carbocycles. The number of halogens is 1. The second kappa shape index (κ2) is 11.3. The zero-order valence-corrected chi connectivity index (χ0v) is 18.2. The van der Waals surface area contributed by atoms with E-state index in [1.165, 1.54) is 69.6 Å². The van der Waals surface area contributed by atoms with Crippen molar-refractivity contribution in [2.24, 2.45) is 23.7 Å². The lowest BCUT2D eigenvalue weighted by Crippen LogP contribution is -2.31. The molecule has 0 N–H and O–H groups in total. The van der Waals surface area contributed by atoms with Gasteiger partial charge in [-0.3, -0.25) is 0 Å². The average molecular weight is 405 g/mol. The zero-order chi connectivity index (χ0) is 19.8. The minimum atomic E-state index is 0.276. The van der Waals surface area contributed by atoms with Crippen LogP contribution in [0, 0.1) is 23.7 Å². The van der Waals surface area contributed by atoms with Gasteiger partial charge in [-0.05, 0) is 87.0 Å². The van der Waals surface area contributed by atoms with Crippen molar-refractivity contribution in [2.75, 3.05) is 5.88 Å². The molecule has 1 atom stereocenters. The van der Waals surface area contributed by atoms with Crippen molar-refractivity contribution in [2.45, 2.75) is 89.9 Å². The van der Waals surface area contributed by atoms with Gasteiger partial charge in [0.05, 0.1) is 0 Å². The number of rotatable bonds is 9. The van der Waals surface area contributed by atoms with Crippen LogP contribution in [0.15, 0.2) is 12.4 Å². The molecular formula is C24H37ClN2O. The molecule has 1 aromatic heterocycles. The Kier molecular flexibility index (Phi) is 8.76. The summed E-state index contributed by atoms with van der Waals surface area (Å²) in [6, 6.07) is 0. The topological polar surface area (TPSA) is 42.9 Å². The molecule has 0 saturated heterocycles. The largest absolute Gasteiger partial charge is 0.303 e. The molecule has 28 heavy (non-hydrogen) atoms. The van der Waals surface area contributed by atoms with Gasteiger partial charge in [-0.25, -0.2) is 9.97 Å². The average Bonchev–Trinajstić information content (AvgIpc) is 2.75. The van der Waals surface area contributed by atoms with E-state index in [1.54, 1.807) is 0 Å². The number of carbonyl (C=O) groups excluding carboxylic acids is 1. The first-order chi connectivity index (χ1) is 13.7. The van der Waals surface area contributed by atoms with E-state index in [0.717, 1.165) is 36.9 Å². The van der Waals surface area contributed by atoms with Gasteiger partial charge < -0.3 is 4.79 Å². The highest BCUT2D eigenvalue weighted by molar-refractivity contribution is 6.17. The molecule has 0 radical (unpaired) electrons. The number of hydrogen-bond acceptors (Lipinski definition) is 3. The third-order valence-corrected chi connectivity index (χ3v) is 7.59. The molecule has 0 amide bonds. The van der Waals surface area contributed by atoms with Gasteiger partial charge in [-0.2, -0.15) is 0 Å². The van der Waals surface area contributed by atoms with Crippen LogP contribution in [-0.2, 0) is 11.2 Å². The van der Waals surface area contributed by atoms with Crippen LogP contribution in [0.2, 0.25) is 0 Å². The lowest BCUT2D eigenvalue weighted by Gasteiger charge is -2.38. The molecule has 0 aliphatic heterocycles. The molecular weight excluding hydrogens is 368 g/mol. The van der Waals surface area contributed by atoms with Gasteiger partial charge in [-0.15, -0.1) is 11.6 Å². The fraction of sp³-hybridized carbons (Fsp3) is 0.792. The van der Waals surface area contributed by atoms with E-state index in [1.807, 2.05) is 12.4 Å². The monoisotopic (exact) mass is 404 g/mol. The van der Waals surface area contributed by atoms with Gasteiger partial charge in [0.2, 0.25) is 0 Å². The molecule has 2 saturated carbocycles. The van der Waals surface area contributed by atoms with Gasteiger partial charge >= 0.3 is 0 Å². The smallest absolute Gasteiger partial charge is 0.128 e. The Morgan fingerprint density at radius 3 is 2.18 bits per heavy atom. The summed E-state index contributed by atoms with van der Waals surface area (Å²) >= 11 is 5.85. The second-order valence-electron chi connectivity index (χ2n) is 9.12. The van der Waals surface area contributed by atoms with Crippen LogP contribution in [0.4, 0.5) is 0 Å². The fourth-order valence-corrected chi connectivity index (χ4v) is 5.75. The number of alkyl halides is 1. The molecule has 0 bridgehead atoms. The van der Waals surface area contributed by atoms with Crippen molar-refractivity contribution in [1.29, 1.82) is 0 Å². The number of nitrogens with zero attached hydrogens (tertiary/aromatic N) is 2.